The molecule has 1 unspecified atom stereocenters. The molecule has 0 bridgehead atoms. The minimum absolute atomic E-state index is 0.0166. The van der Waals surface area contributed by atoms with E-state index in [1.54, 1.807) is 13.1 Å². The quantitative estimate of drug-likeness (QED) is 0.724. The molecule has 0 amide bonds. The number of piperazine rings is 1. The molecule has 2 rings (SSSR count). The number of rotatable bonds is 2. The molecule has 1 saturated heterocycles. The molecule has 1 aromatic rings. The minimum Gasteiger partial charge on any atom is -0.365 e. The van der Waals surface area contributed by atoms with E-state index >= 15 is 0 Å². The average Bonchev–Trinajstić information content (AvgIpc) is 2.29. The predicted octanol–water partition coefficient (Wildman–Crippen LogP) is 1.42. The first-order valence-corrected chi connectivity index (χ1v) is 6.00. The Balaban J connectivity index is 2.14. The number of aromatic nitrogens is 1. The van der Waals surface area contributed by atoms with Crippen LogP contribution in [0.3, 0.4) is 0 Å². The van der Waals surface area contributed by atoms with Crippen LogP contribution in [-0.4, -0.2) is 48.4 Å². The molecule has 4 heteroatoms. The van der Waals surface area contributed by atoms with Gasteiger partial charge in [0.2, 0.25) is 0 Å². The van der Waals surface area contributed by atoms with Crippen molar-refractivity contribution in [3.05, 3.63) is 24.0 Å². The molecule has 0 spiro atoms. The highest BCUT2D eigenvalue weighted by atomic mass is 16.1. The Morgan fingerprint density at radius 1 is 1.41 bits per heavy atom. The van der Waals surface area contributed by atoms with E-state index in [0.717, 1.165) is 25.3 Å². The molecule has 0 aliphatic carbocycles. The largest absolute Gasteiger partial charge is 0.365 e. The second-order valence-electron chi connectivity index (χ2n) is 4.76. The third kappa shape index (κ3) is 2.64. The third-order valence-electron chi connectivity index (χ3n) is 3.27. The third-order valence-corrected chi connectivity index (χ3v) is 3.27. The standard InChI is InChI=1S/C13H19N3O/c1-10-9-15(3)6-7-16(10)12-4-5-13(11(2)17)14-8-12/h4-5,8,10H,6-7,9H2,1-3H3. The van der Waals surface area contributed by atoms with Crippen molar-refractivity contribution >= 4 is 11.5 Å². The van der Waals surface area contributed by atoms with E-state index in [1.807, 2.05) is 12.1 Å². The van der Waals surface area contributed by atoms with E-state index < -0.39 is 0 Å². The summed E-state index contributed by atoms with van der Waals surface area (Å²) in [6.45, 7) is 6.90. The molecule has 1 aromatic heterocycles. The molecule has 0 aromatic carbocycles. The van der Waals surface area contributed by atoms with Crippen molar-refractivity contribution in [2.45, 2.75) is 19.9 Å². The summed E-state index contributed by atoms with van der Waals surface area (Å²) in [6.07, 6.45) is 1.80. The van der Waals surface area contributed by atoms with Crippen molar-refractivity contribution < 1.29 is 4.79 Å². The van der Waals surface area contributed by atoms with Gasteiger partial charge in [0.15, 0.2) is 5.78 Å². The van der Waals surface area contributed by atoms with Crippen LogP contribution in [0, 0.1) is 0 Å². The predicted molar refractivity (Wildman–Crippen MR) is 68.5 cm³/mol. The van der Waals surface area contributed by atoms with E-state index in [-0.39, 0.29) is 5.78 Å². The Morgan fingerprint density at radius 2 is 2.18 bits per heavy atom. The van der Waals surface area contributed by atoms with Gasteiger partial charge in [-0.1, -0.05) is 0 Å². The van der Waals surface area contributed by atoms with Crippen molar-refractivity contribution in [2.24, 2.45) is 0 Å². The monoisotopic (exact) mass is 233 g/mol. The first kappa shape index (κ1) is 12.0. The van der Waals surface area contributed by atoms with Crippen LogP contribution < -0.4 is 4.90 Å². The topological polar surface area (TPSA) is 36.4 Å². The van der Waals surface area contributed by atoms with Crippen molar-refractivity contribution in [3.63, 3.8) is 0 Å². The van der Waals surface area contributed by atoms with Crippen LogP contribution in [-0.2, 0) is 0 Å². The van der Waals surface area contributed by atoms with Gasteiger partial charge in [-0.3, -0.25) is 9.78 Å². The highest BCUT2D eigenvalue weighted by molar-refractivity contribution is 5.92. The van der Waals surface area contributed by atoms with Gasteiger partial charge in [-0.25, -0.2) is 0 Å². The molecule has 0 N–H and O–H groups in total. The van der Waals surface area contributed by atoms with Crippen molar-refractivity contribution in [1.29, 1.82) is 0 Å². The van der Waals surface area contributed by atoms with Crippen LogP contribution in [0.2, 0.25) is 0 Å². The summed E-state index contributed by atoms with van der Waals surface area (Å²) < 4.78 is 0. The number of hydrogen-bond donors (Lipinski definition) is 0. The fraction of sp³-hybridized carbons (Fsp3) is 0.538. The first-order chi connectivity index (χ1) is 8.08. The van der Waals surface area contributed by atoms with Crippen molar-refractivity contribution in [3.8, 4) is 0 Å². The van der Waals surface area contributed by atoms with Crippen LogP contribution in [0.4, 0.5) is 5.69 Å². The Kier molecular flexibility index (Phi) is 3.43. The second kappa shape index (κ2) is 4.84. The zero-order valence-corrected chi connectivity index (χ0v) is 10.7. The average molecular weight is 233 g/mol. The molecular formula is C13H19N3O. The number of pyridine rings is 1. The molecule has 2 heterocycles. The summed E-state index contributed by atoms with van der Waals surface area (Å²) in [5, 5.41) is 0. The number of anilines is 1. The van der Waals surface area contributed by atoms with Crippen LogP contribution in [0.15, 0.2) is 18.3 Å². The lowest BCUT2D eigenvalue weighted by Crippen LogP contribution is -2.50. The van der Waals surface area contributed by atoms with Crippen LogP contribution in [0.25, 0.3) is 0 Å². The summed E-state index contributed by atoms with van der Waals surface area (Å²) in [5.41, 5.74) is 1.64. The Morgan fingerprint density at radius 3 is 2.71 bits per heavy atom. The molecule has 4 nitrogen and oxygen atoms in total. The van der Waals surface area contributed by atoms with Gasteiger partial charge < -0.3 is 9.80 Å². The molecule has 0 radical (unpaired) electrons. The van der Waals surface area contributed by atoms with Gasteiger partial charge in [-0.05, 0) is 26.1 Å². The molecule has 92 valence electrons. The second-order valence-corrected chi connectivity index (χ2v) is 4.76. The highest BCUT2D eigenvalue weighted by Gasteiger charge is 2.21. The van der Waals surface area contributed by atoms with Crippen LogP contribution in [0.5, 0.6) is 0 Å². The van der Waals surface area contributed by atoms with E-state index in [2.05, 4.69) is 28.8 Å². The van der Waals surface area contributed by atoms with Gasteiger partial charge in [0, 0.05) is 32.6 Å². The number of Topliss-reactive ketones (excluding diaryl/α,β-unsaturated/α-hetero) is 1. The fourth-order valence-electron chi connectivity index (χ4n) is 2.29. The minimum atomic E-state index is 0.0166. The number of ketones is 1. The van der Waals surface area contributed by atoms with Gasteiger partial charge in [0.1, 0.15) is 5.69 Å². The molecule has 1 fully saturated rings. The Labute approximate surface area is 102 Å². The lowest BCUT2D eigenvalue weighted by Gasteiger charge is -2.39. The summed E-state index contributed by atoms with van der Waals surface area (Å²) >= 11 is 0. The molecule has 0 saturated carbocycles. The Hall–Kier alpha value is -1.42. The summed E-state index contributed by atoms with van der Waals surface area (Å²) in [7, 11) is 2.14. The number of likely N-dealkylation sites (N-methyl/N-ethyl adjacent to an activating group) is 1. The fourth-order valence-corrected chi connectivity index (χ4v) is 2.29. The van der Waals surface area contributed by atoms with E-state index in [1.165, 1.54) is 0 Å². The first-order valence-electron chi connectivity index (χ1n) is 6.00. The van der Waals surface area contributed by atoms with Gasteiger partial charge in [0.25, 0.3) is 0 Å². The maximum Gasteiger partial charge on any atom is 0.178 e. The smallest absolute Gasteiger partial charge is 0.178 e. The highest BCUT2D eigenvalue weighted by Crippen LogP contribution is 2.19. The van der Waals surface area contributed by atoms with Gasteiger partial charge >= 0.3 is 0 Å². The number of carbonyl (C=O) groups is 1. The maximum atomic E-state index is 11.2. The normalized spacial score (nSPS) is 21.6. The van der Waals surface area contributed by atoms with Crippen LogP contribution in [0.1, 0.15) is 24.3 Å². The number of nitrogens with zero attached hydrogens (tertiary/aromatic N) is 3. The molecule has 1 aliphatic heterocycles. The summed E-state index contributed by atoms with van der Waals surface area (Å²) in [4.78, 5) is 20.0. The van der Waals surface area contributed by atoms with E-state index in [0.29, 0.717) is 11.7 Å². The maximum absolute atomic E-state index is 11.2. The molecule has 1 atom stereocenters. The lowest BCUT2D eigenvalue weighted by molar-refractivity contribution is 0.101. The number of carbonyl (C=O) groups excluding carboxylic acids is 1. The van der Waals surface area contributed by atoms with Crippen molar-refractivity contribution in [2.75, 3.05) is 31.6 Å². The summed E-state index contributed by atoms with van der Waals surface area (Å²) in [5.74, 6) is 0.0166. The zero-order chi connectivity index (χ0) is 12.4. The van der Waals surface area contributed by atoms with E-state index in [4.69, 9.17) is 0 Å². The molecule has 17 heavy (non-hydrogen) atoms. The molecular weight excluding hydrogens is 214 g/mol. The Bertz CT molecular complexity index is 402. The van der Waals surface area contributed by atoms with Gasteiger partial charge in [0.05, 0.1) is 11.9 Å². The van der Waals surface area contributed by atoms with E-state index in [9.17, 15) is 4.79 Å². The molecule has 1 aliphatic rings. The lowest BCUT2D eigenvalue weighted by atomic mass is 10.1. The van der Waals surface area contributed by atoms with Gasteiger partial charge in [-0.2, -0.15) is 0 Å². The SMILES string of the molecule is CC(=O)c1ccc(N2CCN(C)CC2C)cn1. The number of hydrogen-bond acceptors (Lipinski definition) is 4. The van der Waals surface area contributed by atoms with Gasteiger partial charge in [-0.15, -0.1) is 0 Å². The van der Waals surface area contributed by atoms with Crippen LogP contribution >= 0.6 is 0 Å². The zero-order valence-electron chi connectivity index (χ0n) is 10.7. The van der Waals surface area contributed by atoms with Crippen molar-refractivity contribution in [1.82, 2.24) is 9.88 Å². The summed E-state index contributed by atoms with van der Waals surface area (Å²) in [6, 6.07) is 4.28.